The van der Waals surface area contributed by atoms with E-state index in [2.05, 4.69) is 0 Å². The molecule has 4 nitrogen and oxygen atoms in total. The SMILES string of the molecule is CC(=O)CC1c2ccccc2-c2ccccc2C1(O)OC(=N)c1ccccc1. The Morgan fingerprint density at radius 3 is 2.29 bits per heavy atom. The van der Waals surface area contributed by atoms with Crippen molar-refractivity contribution in [3.05, 3.63) is 95.6 Å². The molecule has 0 spiro atoms. The first-order valence-corrected chi connectivity index (χ1v) is 9.24. The summed E-state index contributed by atoms with van der Waals surface area (Å²) in [7, 11) is 0. The van der Waals surface area contributed by atoms with Gasteiger partial charge in [0.2, 0.25) is 11.7 Å². The number of carbonyl (C=O) groups is 1. The van der Waals surface area contributed by atoms with Crippen LogP contribution in [-0.4, -0.2) is 16.8 Å². The molecule has 0 fully saturated rings. The standard InChI is InChI=1S/C24H21NO3/c1-16(26)15-22-20-13-6-5-11-18(20)19-12-7-8-14-21(19)24(22,27)28-23(25)17-9-3-2-4-10-17/h2-14,22,25,27H,15H2,1H3. The Kier molecular flexibility index (Phi) is 4.57. The fourth-order valence-corrected chi connectivity index (χ4v) is 3.94. The number of ketones is 1. The molecule has 0 saturated heterocycles. The average molecular weight is 371 g/mol. The lowest BCUT2D eigenvalue weighted by atomic mass is 9.72. The maximum absolute atomic E-state index is 12.1. The van der Waals surface area contributed by atoms with E-state index in [1.165, 1.54) is 6.92 Å². The number of Topliss-reactive ketones (excluding diaryl/α,β-unsaturated/α-hetero) is 1. The van der Waals surface area contributed by atoms with Gasteiger partial charge in [-0.05, 0) is 35.7 Å². The first-order chi connectivity index (χ1) is 13.5. The van der Waals surface area contributed by atoms with Crippen LogP contribution in [0.3, 0.4) is 0 Å². The molecule has 0 radical (unpaired) electrons. The Labute approximate surface area is 163 Å². The second-order valence-electron chi connectivity index (χ2n) is 7.09. The molecule has 0 heterocycles. The van der Waals surface area contributed by atoms with Crippen LogP contribution >= 0.6 is 0 Å². The first kappa shape index (κ1) is 18.1. The minimum atomic E-state index is -1.82. The Morgan fingerprint density at radius 2 is 1.57 bits per heavy atom. The molecule has 0 aliphatic heterocycles. The van der Waals surface area contributed by atoms with Gasteiger partial charge in [0.05, 0.1) is 5.92 Å². The van der Waals surface area contributed by atoms with Crippen molar-refractivity contribution in [2.24, 2.45) is 0 Å². The highest BCUT2D eigenvalue weighted by Crippen LogP contribution is 2.51. The van der Waals surface area contributed by atoms with Gasteiger partial charge >= 0.3 is 0 Å². The Hall–Kier alpha value is -3.24. The van der Waals surface area contributed by atoms with Crippen molar-refractivity contribution in [3.8, 4) is 11.1 Å². The summed E-state index contributed by atoms with van der Waals surface area (Å²) in [6, 6.07) is 24.2. The van der Waals surface area contributed by atoms with E-state index in [1.807, 2.05) is 60.7 Å². The van der Waals surface area contributed by atoms with E-state index in [9.17, 15) is 9.90 Å². The molecule has 2 N–H and O–H groups in total. The molecule has 28 heavy (non-hydrogen) atoms. The number of aliphatic hydroxyl groups is 1. The van der Waals surface area contributed by atoms with Gasteiger partial charge in [-0.2, -0.15) is 0 Å². The van der Waals surface area contributed by atoms with Gasteiger partial charge in [0.15, 0.2) is 0 Å². The predicted molar refractivity (Wildman–Crippen MR) is 108 cm³/mol. The molecule has 4 rings (SSSR count). The lowest BCUT2D eigenvalue weighted by Gasteiger charge is -2.41. The van der Waals surface area contributed by atoms with Gasteiger partial charge in [-0.25, -0.2) is 0 Å². The Bertz CT molecular complexity index is 1040. The van der Waals surface area contributed by atoms with E-state index in [0.29, 0.717) is 11.1 Å². The van der Waals surface area contributed by atoms with Crippen LogP contribution in [0.5, 0.6) is 0 Å². The minimum absolute atomic E-state index is 0.0487. The molecule has 4 heteroatoms. The predicted octanol–water partition coefficient (Wildman–Crippen LogP) is 4.62. The third kappa shape index (κ3) is 3.02. The Balaban J connectivity index is 1.87. The topological polar surface area (TPSA) is 70.4 Å². The summed E-state index contributed by atoms with van der Waals surface area (Å²) in [5.41, 5.74) is 3.80. The molecule has 0 amide bonds. The summed E-state index contributed by atoms with van der Waals surface area (Å²) in [6.45, 7) is 1.51. The second kappa shape index (κ2) is 7.06. The number of hydrogen-bond donors (Lipinski definition) is 2. The quantitative estimate of drug-likeness (QED) is 0.399. The van der Waals surface area contributed by atoms with Crippen molar-refractivity contribution in [2.45, 2.75) is 25.0 Å². The van der Waals surface area contributed by atoms with Crippen molar-refractivity contribution < 1.29 is 14.6 Å². The Morgan fingerprint density at radius 1 is 0.964 bits per heavy atom. The first-order valence-electron chi connectivity index (χ1n) is 9.24. The zero-order valence-electron chi connectivity index (χ0n) is 15.6. The van der Waals surface area contributed by atoms with E-state index in [1.54, 1.807) is 18.2 Å². The van der Waals surface area contributed by atoms with E-state index >= 15 is 0 Å². The van der Waals surface area contributed by atoms with Gasteiger partial charge in [0.25, 0.3) is 0 Å². The summed E-state index contributed by atoms with van der Waals surface area (Å²) in [6.07, 6.45) is 0.115. The lowest BCUT2D eigenvalue weighted by molar-refractivity contribution is -0.179. The maximum atomic E-state index is 12.1. The van der Waals surface area contributed by atoms with Crippen molar-refractivity contribution in [1.29, 1.82) is 5.41 Å². The third-order valence-corrected chi connectivity index (χ3v) is 5.20. The van der Waals surface area contributed by atoms with E-state index < -0.39 is 11.7 Å². The molecular weight excluding hydrogens is 350 g/mol. The molecule has 140 valence electrons. The van der Waals surface area contributed by atoms with Gasteiger partial charge in [-0.3, -0.25) is 5.41 Å². The van der Waals surface area contributed by atoms with Gasteiger partial charge in [-0.15, -0.1) is 0 Å². The smallest absolute Gasteiger partial charge is 0.244 e. The highest BCUT2D eigenvalue weighted by Gasteiger charge is 2.48. The van der Waals surface area contributed by atoms with Crippen LogP contribution in [0.15, 0.2) is 78.9 Å². The monoisotopic (exact) mass is 371 g/mol. The van der Waals surface area contributed by atoms with Crippen LogP contribution in [-0.2, 0) is 15.3 Å². The fourth-order valence-electron chi connectivity index (χ4n) is 3.94. The van der Waals surface area contributed by atoms with Crippen molar-refractivity contribution in [3.63, 3.8) is 0 Å². The summed E-state index contributed by atoms with van der Waals surface area (Å²) < 4.78 is 5.95. The molecule has 0 bridgehead atoms. The van der Waals surface area contributed by atoms with E-state index in [4.69, 9.17) is 10.1 Å². The van der Waals surface area contributed by atoms with Crippen LogP contribution in [0, 0.1) is 5.41 Å². The van der Waals surface area contributed by atoms with Crippen LogP contribution in [0.25, 0.3) is 11.1 Å². The molecule has 3 aromatic carbocycles. The number of hydrogen-bond acceptors (Lipinski definition) is 4. The van der Waals surface area contributed by atoms with Gasteiger partial charge in [0.1, 0.15) is 5.78 Å². The summed E-state index contributed by atoms with van der Waals surface area (Å²) in [5.74, 6) is -2.61. The number of nitrogens with one attached hydrogen (secondary N) is 1. The number of benzene rings is 3. The van der Waals surface area contributed by atoms with Crippen molar-refractivity contribution >= 4 is 11.7 Å². The van der Waals surface area contributed by atoms with Crippen LogP contribution in [0.2, 0.25) is 0 Å². The lowest BCUT2D eigenvalue weighted by Crippen LogP contribution is -2.42. The highest BCUT2D eigenvalue weighted by atomic mass is 16.6. The zero-order valence-corrected chi connectivity index (χ0v) is 15.6. The fraction of sp³-hybridized carbons (Fsp3) is 0.167. The summed E-state index contributed by atoms with van der Waals surface area (Å²) in [4.78, 5) is 12.1. The highest BCUT2D eigenvalue weighted by molar-refractivity contribution is 5.92. The minimum Gasteiger partial charge on any atom is -0.440 e. The molecule has 0 aromatic heterocycles. The normalized spacial score (nSPS) is 20.0. The van der Waals surface area contributed by atoms with Crippen LogP contribution in [0.1, 0.15) is 36.0 Å². The number of rotatable bonds is 4. The molecule has 1 aliphatic rings. The molecule has 0 saturated carbocycles. The second-order valence-corrected chi connectivity index (χ2v) is 7.09. The number of carbonyl (C=O) groups excluding carboxylic acids is 1. The number of ether oxygens (including phenoxy) is 1. The zero-order chi connectivity index (χ0) is 19.7. The molecule has 3 aromatic rings. The molecular formula is C24H21NO3. The largest absolute Gasteiger partial charge is 0.440 e. The third-order valence-electron chi connectivity index (χ3n) is 5.20. The van der Waals surface area contributed by atoms with E-state index in [-0.39, 0.29) is 18.1 Å². The van der Waals surface area contributed by atoms with Crippen LogP contribution < -0.4 is 0 Å². The van der Waals surface area contributed by atoms with Gasteiger partial charge in [-0.1, -0.05) is 66.7 Å². The number of fused-ring (bicyclic) bond motifs is 3. The van der Waals surface area contributed by atoms with Crippen molar-refractivity contribution in [2.75, 3.05) is 0 Å². The molecule has 2 unspecified atom stereocenters. The van der Waals surface area contributed by atoms with Gasteiger partial charge < -0.3 is 14.6 Å². The van der Waals surface area contributed by atoms with Crippen LogP contribution in [0.4, 0.5) is 0 Å². The molecule has 1 aliphatic carbocycles. The van der Waals surface area contributed by atoms with Gasteiger partial charge in [0, 0.05) is 17.5 Å². The average Bonchev–Trinajstić information content (AvgIpc) is 2.72. The van der Waals surface area contributed by atoms with Crippen molar-refractivity contribution in [1.82, 2.24) is 0 Å². The van der Waals surface area contributed by atoms with E-state index in [0.717, 1.165) is 16.7 Å². The summed E-state index contributed by atoms with van der Waals surface area (Å²) >= 11 is 0. The maximum Gasteiger partial charge on any atom is 0.244 e. The summed E-state index contributed by atoms with van der Waals surface area (Å²) in [5, 5.41) is 20.2. The molecule has 2 atom stereocenters.